The van der Waals surface area contributed by atoms with Crippen molar-refractivity contribution < 1.29 is 24.2 Å². The Labute approximate surface area is 163 Å². The SMILES string of the molecule is COCCCN1C(=O)C(=O)/C(=C(\O)c2ccccc2OC)C1c1ccncc1. The van der Waals surface area contributed by atoms with Gasteiger partial charge >= 0.3 is 0 Å². The quantitative estimate of drug-likeness (QED) is 0.343. The van der Waals surface area contributed by atoms with E-state index in [0.717, 1.165) is 0 Å². The number of ether oxygens (including phenoxy) is 2. The minimum atomic E-state index is -0.720. The van der Waals surface area contributed by atoms with Crippen LogP contribution in [-0.2, 0) is 14.3 Å². The number of pyridine rings is 1. The van der Waals surface area contributed by atoms with Gasteiger partial charge in [-0.2, -0.15) is 0 Å². The van der Waals surface area contributed by atoms with Gasteiger partial charge in [0.15, 0.2) is 0 Å². The Balaban J connectivity index is 2.14. The molecule has 2 aromatic rings. The average Bonchev–Trinajstić information content (AvgIpc) is 2.99. The van der Waals surface area contributed by atoms with E-state index < -0.39 is 17.7 Å². The fourth-order valence-corrected chi connectivity index (χ4v) is 3.37. The van der Waals surface area contributed by atoms with E-state index in [1.165, 1.54) is 12.0 Å². The number of carbonyl (C=O) groups is 2. The Morgan fingerprint density at radius 1 is 1.14 bits per heavy atom. The lowest BCUT2D eigenvalue weighted by molar-refractivity contribution is -0.140. The molecule has 0 bridgehead atoms. The molecule has 7 heteroatoms. The van der Waals surface area contributed by atoms with E-state index in [1.807, 2.05) is 0 Å². The van der Waals surface area contributed by atoms with Crippen molar-refractivity contribution in [1.29, 1.82) is 0 Å². The molecule has 146 valence electrons. The van der Waals surface area contributed by atoms with Gasteiger partial charge in [-0.1, -0.05) is 12.1 Å². The van der Waals surface area contributed by atoms with Crippen LogP contribution in [0.3, 0.4) is 0 Å². The van der Waals surface area contributed by atoms with Crippen LogP contribution in [0.4, 0.5) is 0 Å². The summed E-state index contributed by atoms with van der Waals surface area (Å²) >= 11 is 0. The summed E-state index contributed by atoms with van der Waals surface area (Å²) in [4.78, 5) is 31.1. The normalized spacial score (nSPS) is 18.5. The molecular weight excluding hydrogens is 360 g/mol. The summed E-state index contributed by atoms with van der Waals surface area (Å²) in [6.07, 6.45) is 3.75. The van der Waals surface area contributed by atoms with Crippen LogP contribution in [0.25, 0.3) is 5.76 Å². The Bertz CT molecular complexity index is 895. The smallest absolute Gasteiger partial charge is 0.295 e. The molecule has 1 aliphatic rings. The third-order valence-corrected chi connectivity index (χ3v) is 4.67. The maximum Gasteiger partial charge on any atom is 0.295 e. The van der Waals surface area contributed by atoms with Gasteiger partial charge in [-0.15, -0.1) is 0 Å². The number of nitrogens with zero attached hydrogens (tertiary/aromatic N) is 2. The first-order valence-electron chi connectivity index (χ1n) is 8.90. The monoisotopic (exact) mass is 382 g/mol. The van der Waals surface area contributed by atoms with Gasteiger partial charge in [0, 0.05) is 32.7 Å². The largest absolute Gasteiger partial charge is 0.507 e. The Morgan fingerprint density at radius 3 is 2.54 bits per heavy atom. The van der Waals surface area contributed by atoms with E-state index in [2.05, 4.69) is 4.98 Å². The molecule has 1 unspecified atom stereocenters. The Kier molecular flexibility index (Phi) is 6.06. The van der Waals surface area contributed by atoms with Crippen molar-refractivity contribution in [3.05, 3.63) is 65.5 Å². The van der Waals surface area contributed by atoms with Crippen molar-refractivity contribution >= 4 is 17.4 Å². The molecule has 28 heavy (non-hydrogen) atoms. The third kappa shape index (κ3) is 3.61. The van der Waals surface area contributed by atoms with Crippen molar-refractivity contribution in [2.24, 2.45) is 0 Å². The maximum absolute atomic E-state index is 12.8. The minimum Gasteiger partial charge on any atom is -0.507 e. The van der Waals surface area contributed by atoms with Crippen LogP contribution in [0, 0.1) is 0 Å². The van der Waals surface area contributed by atoms with Gasteiger partial charge in [-0.25, -0.2) is 0 Å². The predicted octanol–water partition coefficient (Wildman–Crippen LogP) is 2.55. The summed E-state index contributed by atoms with van der Waals surface area (Å²) in [6, 6.07) is 9.59. The molecule has 1 aliphatic heterocycles. The number of benzene rings is 1. The number of carbonyl (C=O) groups excluding carboxylic acids is 2. The summed E-state index contributed by atoms with van der Waals surface area (Å²) < 4.78 is 10.4. The molecule has 1 amide bonds. The number of aromatic nitrogens is 1. The molecule has 1 saturated heterocycles. The number of likely N-dealkylation sites (tertiary alicyclic amines) is 1. The minimum absolute atomic E-state index is 0.0399. The van der Waals surface area contributed by atoms with Crippen LogP contribution in [0.1, 0.15) is 23.6 Å². The van der Waals surface area contributed by atoms with Crippen molar-refractivity contribution in [3.63, 3.8) is 0 Å². The second-order valence-corrected chi connectivity index (χ2v) is 6.32. The van der Waals surface area contributed by atoms with E-state index in [4.69, 9.17) is 9.47 Å². The zero-order chi connectivity index (χ0) is 20.1. The standard InChI is InChI=1S/C21H22N2O5/c1-27-13-5-12-23-18(14-8-10-22-11-9-14)17(20(25)21(23)26)19(24)15-6-3-4-7-16(15)28-2/h3-4,6-11,18,24H,5,12-13H2,1-2H3/b19-17-. The summed E-state index contributed by atoms with van der Waals surface area (Å²) in [5.41, 5.74) is 1.10. The maximum atomic E-state index is 12.8. The van der Waals surface area contributed by atoms with E-state index in [1.54, 1.807) is 55.9 Å². The van der Waals surface area contributed by atoms with Crippen LogP contribution in [-0.4, -0.2) is 54.1 Å². The number of rotatable bonds is 7. The fraction of sp³-hybridized carbons (Fsp3) is 0.286. The van der Waals surface area contributed by atoms with Crippen LogP contribution in [0.15, 0.2) is 54.4 Å². The molecule has 0 spiro atoms. The molecule has 1 N–H and O–H groups in total. The molecule has 1 aromatic carbocycles. The van der Waals surface area contributed by atoms with Crippen LogP contribution in [0.5, 0.6) is 5.75 Å². The van der Waals surface area contributed by atoms with Crippen molar-refractivity contribution in [2.75, 3.05) is 27.4 Å². The predicted molar refractivity (Wildman–Crippen MR) is 103 cm³/mol. The van der Waals surface area contributed by atoms with E-state index in [9.17, 15) is 14.7 Å². The second kappa shape index (κ2) is 8.67. The van der Waals surface area contributed by atoms with E-state index in [-0.39, 0.29) is 11.3 Å². The lowest BCUT2D eigenvalue weighted by Crippen LogP contribution is -2.31. The van der Waals surface area contributed by atoms with E-state index >= 15 is 0 Å². The Hall–Kier alpha value is -3.19. The summed E-state index contributed by atoms with van der Waals surface area (Å²) in [7, 11) is 3.06. The average molecular weight is 382 g/mol. The Morgan fingerprint density at radius 2 is 1.86 bits per heavy atom. The number of hydrogen-bond donors (Lipinski definition) is 1. The highest BCUT2D eigenvalue weighted by atomic mass is 16.5. The zero-order valence-electron chi connectivity index (χ0n) is 15.8. The summed E-state index contributed by atoms with van der Waals surface area (Å²) in [5, 5.41) is 11.0. The van der Waals surface area contributed by atoms with Gasteiger partial charge in [-0.3, -0.25) is 14.6 Å². The first kappa shape index (κ1) is 19.6. The molecule has 1 atom stereocenters. The van der Waals surface area contributed by atoms with Gasteiger partial charge in [-0.05, 0) is 36.2 Å². The number of Topliss-reactive ketones (excluding diaryl/α,β-unsaturated/α-hetero) is 1. The van der Waals surface area contributed by atoms with Crippen molar-refractivity contribution in [1.82, 2.24) is 9.88 Å². The molecule has 0 aliphatic carbocycles. The van der Waals surface area contributed by atoms with Gasteiger partial charge < -0.3 is 19.5 Å². The lowest BCUT2D eigenvalue weighted by atomic mass is 9.95. The molecule has 1 fully saturated rings. The molecule has 1 aromatic heterocycles. The van der Waals surface area contributed by atoms with Gasteiger partial charge in [0.2, 0.25) is 0 Å². The number of ketones is 1. The highest BCUT2D eigenvalue weighted by Gasteiger charge is 2.46. The van der Waals surface area contributed by atoms with Crippen LogP contribution in [0.2, 0.25) is 0 Å². The van der Waals surface area contributed by atoms with Crippen LogP contribution < -0.4 is 4.74 Å². The molecular formula is C21H22N2O5. The zero-order valence-corrected chi connectivity index (χ0v) is 15.8. The van der Waals surface area contributed by atoms with Crippen molar-refractivity contribution in [2.45, 2.75) is 12.5 Å². The molecule has 0 radical (unpaired) electrons. The molecule has 0 saturated carbocycles. The molecule has 3 rings (SSSR count). The molecule has 7 nitrogen and oxygen atoms in total. The van der Waals surface area contributed by atoms with Gasteiger partial charge in [0.1, 0.15) is 11.5 Å². The number of aliphatic hydroxyl groups excluding tert-OH is 1. The van der Waals surface area contributed by atoms with Gasteiger partial charge in [0.05, 0.1) is 24.3 Å². The van der Waals surface area contributed by atoms with E-state index in [0.29, 0.717) is 36.4 Å². The number of methoxy groups -OCH3 is 2. The van der Waals surface area contributed by atoms with Gasteiger partial charge in [0.25, 0.3) is 11.7 Å². The second-order valence-electron chi connectivity index (χ2n) is 6.32. The highest BCUT2D eigenvalue weighted by molar-refractivity contribution is 6.46. The number of para-hydroxylation sites is 1. The third-order valence-electron chi connectivity index (χ3n) is 4.67. The highest BCUT2D eigenvalue weighted by Crippen LogP contribution is 2.40. The van der Waals surface area contributed by atoms with Crippen molar-refractivity contribution in [3.8, 4) is 5.75 Å². The lowest BCUT2D eigenvalue weighted by Gasteiger charge is -2.25. The number of aliphatic hydroxyl groups is 1. The summed E-state index contributed by atoms with van der Waals surface area (Å²) in [5.74, 6) is -1.21. The fourth-order valence-electron chi connectivity index (χ4n) is 3.37. The summed E-state index contributed by atoms with van der Waals surface area (Å²) in [6.45, 7) is 0.784. The first-order valence-corrected chi connectivity index (χ1v) is 8.90. The molecule has 2 heterocycles. The number of amides is 1. The van der Waals surface area contributed by atoms with Crippen LogP contribution >= 0.6 is 0 Å². The first-order chi connectivity index (χ1) is 13.6. The number of hydrogen-bond acceptors (Lipinski definition) is 6. The topological polar surface area (TPSA) is 89.0 Å².